The van der Waals surface area contributed by atoms with Crippen molar-refractivity contribution in [2.75, 3.05) is 5.32 Å². The highest BCUT2D eigenvalue weighted by Gasteiger charge is 2.15. The predicted molar refractivity (Wildman–Crippen MR) is 67.7 cm³/mol. The SMILES string of the molecule is Cc1[nH]ncc1NC(=O)c1c(Cl)cccc1Cl. The van der Waals surface area contributed by atoms with Gasteiger partial charge in [-0.25, -0.2) is 0 Å². The van der Waals surface area contributed by atoms with E-state index in [1.165, 1.54) is 6.20 Å². The average molecular weight is 270 g/mol. The van der Waals surface area contributed by atoms with Gasteiger partial charge in [0, 0.05) is 0 Å². The Morgan fingerprint density at radius 1 is 1.35 bits per heavy atom. The summed E-state index contributed by atoms with van der Waals surface area (Å²) in [5.41, 5.74) is 1.63. The molecule has 1 amide bonds. The minimum atomic E-state index is -0.356. The van der Waals surface area contributed by atoms with Crippen LogP contribution in [0.2, 0.25) is 10.0 Å². The van der Waals surface area contributed by atoms with Crippen LogP contribution in [0.4, 0.5) is 5.69 Å². The van der Waals surface area contributed by atoms with Gasteiger partial charge in [-0.05, 0) is 19.1 Å². The third kappa shape index (κ3) is 2.43. The molecule has 17 heavy (non-hydrogen) atoms. The fourth-order valence-corrected chi connectivity index (χ4v) is 1.95. The van der Waals surface area contributed by atoms with Crippen molar-refractivity contribution in [2.45, 2.75) is 6.92 Å². The van der Waals surface area contributed by atoms with E-state index in [9.17, 15) is 4.79 Å². The first kappa shape index (κ1) is 12.0. The molecule has 0 bridgehead atoms. The first-order valence-corrected chi connectivity index (χ1v) is 5.60. The van der Waals surface area contributed by atoms with Crippen molar-refractivity contribution in [3.63, 3.8) is 0 Å². The molecule has 0 aliphatic rings. The Kier molecular flexibility index (Phi) is 3.36. The van der Waals surface area contributed by atoms with E-state index in [0.29, 0.717) is 15.7 Å². The van der Waals surface area contributed by atoms with Crippen LogP contribution in [0.5, 0.6) is 0 Å². The number of nitrogens with zero attached hydrogens (tertiary/aromatic N) is 1. The summed E-state index contributed by atoms with van der Waals surface area (Å²) in [4.78, 5) is 12.0. The third-order valence-corrected chi connectivity index (χ3v) is 2.90. The maximum Gasteiger partial charge on any atom is 0.258 e. The Morgan fingerprint density at radius 3 is 2.53 bits per heavy atom. The maximum absolute atomic E-state index is 12.0. The molecular formula is C11H9Cl2N3O. The molecule has 0 aliphatic heterocycles. The molecule has 0 spiro atoms. The summed E-state index contributed by atoms with van der Waals surface area (Å²) in [5, 5.41) is 9.85. The molecule has 2 aromatic rings. The number of anilines is 1. The standard InChI is InChI=1S/C11H9Cl2N3O/c1-6-9(5-14-16-6)15-11(17)10-7(12)3-2-4-8(10)13/h2-5H,1H3,(H,14,16)(H,15,17). The number of amides is 1. The van der Waals surface area contributed by atoms with Crippen LogP contribution < -0.4 is 5.32 Å². The molecule has 0 unspecified atom stereocenters. The lowest BCUT2D eigenvalue weighted by molar-refractivity contribution is 0.102. The summed E-state index contributed by atoms with van der Waals surface area (Å²) < 4.78 is 0. The van der Waals surface area contributed by atoms with Gasteiger partial charge in [-0.2, -0.15) is 5.10 Å². The Hall–Kier alpha value is -1.52. The second-order valence-corrected chi connectivity index (χ2v) is 4.27. The van der Waals surface area contributed by atoms with Crippen molar-refractivity contribution in [3.05, 3.63) is 45.7 Å². The predicted octanol–water partition coefficient (Wildman–Crippen LogP) is 3.28. The van der Waals surface area contributed by atoms with Gasteiger partial charge in [0.1, 0.15) is 0 Å². The molecule has 1 heterocycles. The van der Waals surface area contributed by atoms with E-state index in [1.807, 2.05) is 0 Å². The molecule has 2 rings (SSSR count). The lowest BCUT2D eigenvalue weighted by Gasteiger charge is -2.07. The van der Waals surface area contributed by atoms with Crippen LogP contribution in [0.1, 0.15) is 16.1 Å². The third-order valence-electron chi connectivity index (χ3n) is 2.27. The van der Waals surface area contributed by atoms with Crippen molar-refractivity contribution in [2.24, 2.45) is 0 Å². The van der Waals surface area contributed by atoms with Gasteiger partial charge in [-0.1, -0.05) is 29.3 Å². The molecule has 6 heteroatoms. The number of nitrogens with one attached hydrogen (secondary N) is 2. The summed E-state index contributed by atoms with van der Waals surface area (Å²) in [5.74, 6) is -0.356. The molecule has 1 aromatic carbocycles. The second-order valence-electron chi connectivity index (χ2n) is 3.46. The normalized spacial score (nSPS) is 10.3. The van der Waals surface area contributed by atoms with E-state index >= 15 is 0 Å². The molecule has 0 atom stereocenters. The van der Waals surface area contributed by atoms with Gasteiger partial charge in [0.25, 0.3) is 5.91 Å². The highest BCUT2D eigenvalue weighted by Crippen LogP contribution is 2.25. The number of benzene rings is 1. The second kappa shape index (κ2) is 4.77. The highest BCUT2D eigenvalue weighted by atomic mass is 35.5. The summed E-state index contributed by atoms with van der Waals surface area (Å²) >= 11 is 11.9. The Morgan fingerprint density at radius 2 is 2.00 bits per heavy atom. The van der Waals surface area contributed by atoms with Gasteiger partial charge < -0.3 is 5.32 Å². The zero-order valence-corrected chi connectivity index (χ0v) is 10.4. The van der Waals surface area contributed by atoms with E-state index in [0.717, 1.165) is 5.69 Å². The fourth-order valence-electron chi connectivity index (χ4n) is 1.38. The number of aromatic nitrogens is 2. The molecule has 88 valence electrons. The van der Waals surface area contributed by atoms with E-state index in [2.05, 4.69) is 15.5 Å². The molecule has 2 N–H and O–H groups in total. The van der Waals surface area contributed by atoms with Gasteiger partial charge in [0.2, 0.25) is 0 Å². The van der Waals surface area contributed by atoms with Gasteiger partial charge in [-0.3, -0.25) is 9.89 Å². The quantitative estimate of drug-likeness (QED) is 0.879. The van der Waals surface area contributed by atoms with Crippen LogP contribution in [-0.4, -0.2) is 16.1 Å². The largest absolute Gasteiger partial charge is 0.319 e. The molecule has 0 fully saturated rings. The Bertz CT molecular complexity index is 545. The summed E-state index contributed by atoms with van der Waals surface area (Å²) in [6.45, 7) is 1.80. The number of H-pyrrole nitrogens is 1. The monoisotopic (exact) mass is 269 g/mol. The summed E-state index contributed by atoms with van der Waals surface area (Å²) in [6, 6.07) is 4.92. The maximum atomic E-state index is 12.0. The van der Waals surface area contributed by atoms with Crippen molar-refractivity contribution < 1.29 is 4.79 Å². The Balaban J connectivity index is 2.30. The number of hydrogen-bond donors (Lipinski definition) is 2. The van der Waals surface area contributed by atoms with E-state index < -0.39 is 0 Å². The van der Waals surface area contributed by atoms with Crippen molar-refractivity contribution >= 4 is 34.8 Å². The minimum Gasteiger partial charge on any atom is -0.319 e. The molecule has 0 saturated heterocycles. The van der Waals surface area contributed by atoms with Gasteiger partial charge in [0.05, 0.1) is 33.2 Å². The van der Waals surface area contributed by atoms with Crippen molar-refractivity contribution in [1.82, 2.24) is 10.2 Å². The first-order valence-electron chi connectivity index (χ1n) is 4.85. The van der Waals surface area contributed by atoms with Crippen LogP contribution in [0.3, 0.4) is 0 Å². The zero-order valence-electron chi connectivity index (χ0n) is 8.92. The van der Waals surface area contributed by atoms with Crippen molar-refractivity contribution in [1.29, 1.82) is 0 Å². The molecular weight excluding hydrogens is 261 g/mol. The van der Waals surface area contributed by atoms with Gasteiger partial charge in [-0.15, -0.1) is 0 Å². The van der Waals surface area contributed by atoms with Crippen LogP contribution >= 0.6 is 23.2 Å². The smallest absolute Gasteiger partial charge is 0.258 e. The minimum absolute atomic E-state index is 0.261. The molecule has 0 aliphatic carbocycles. The molecule has 4 nitrogen and oxygen atoms in total. The number of carbonyl (C=O) groups excluding carboxylic acids is 1. The van der Waals surface area contributed by atoms with Crippen LogP contribution in [-0.2, 0) is 0 Å². The number of aryl methyl sites for hydroxylation is 1. The van der Waals surface area contributed by atoms with Crippen LogP contribution in [0, 0.1) is 6.92 Å². The molecule has 1 aromatic heterocycles. The number of halogens is 2. The van der Waals surface area contributed by atoms with Gasteiger partial charge >= 0.3 is 0 Å². The zero-order chi connectivity index (χ0) is 12.4. The Labute approximate surface area is 108 Å². The first-order chi connectivity index (χ1) is 8.09. The number of hydrogen-bond acceptors (Lipinski definition) is 2. The van der Waals surface area contributed by atoms with E-state index in [1.54, 1.807) is 25.1 Å². The lowest BCUT2D eigenvalue weighted by atomic mass is 10.2. The molecule has 0 radical (unpaired) electrons. The molecule has 0 saturated carbocycles. The summed E-state index contributed by atoms with van der Waals surface area (Å²) in [6.07, 6.45) is 1.53. The average Bonchev–Trinajstić information content (AvgIpc) is 2.64. The number of rotatable bonds is 2. The highest BCUT2D eigenvalue weighted by molar-refractivity contribution is 6.40. The van der Waals surface area contributed by atoms with Gasteiger partial charge in [0.15, 0.2) is 0 Å². The van der Waals surface area contributed by atoms with Crippen LogP contribution in [0.25, 0.3) is 0 Å². The van der Waals surface area contributed by atoms with Crippen LogP contribution in [0.15, 0.2) is 24.4 Å². The van der Waals surface area contributed by atoms with Crippen molar-refractivity contribution in [3.8, 4) is 0 Å². The van der Waals surface area contributed by atoms with E-state index in [4.69, 9.17) is 23.2 Å². The topological polar surface area (TPSA) is 57.8 Å². The number of aromatic amines is 1. The van der Waals surface area contributed by atoms with E-state index in [-0.39, 0.29) is 11.5 Å². The lowest BCUT2D eigenvalue weighted by Crippen LogP contribution is -2.13. The summed E-state index contributed by atoms with van der Waals surface area (Å²) in [7, 11) is 0. The number of carbonyl (C=O) groups is 1. The fraction of sp³-hybridized carbons (Fsp3) is 0.0909.